The Labute approximate surface area is 109 Å². The maximum atomic E-state index is 4.97. The number of methoxy groups -OCH3 is 1. The molecule has 1 rings (SSSR count). The SMILES string of the molecule is CCCCCNc1cnnc(NCCCOC)n1. The van der Waals surface area contributed by atoms with E-state index in [1.165, 1.54) is 12.8 Å². The molecule has 1 aromatic heterocycles. The van der Waals surface area contributed by atoms with Gasteiger partial charge >= 0.3 is 0 Å². The average molecular weight is 253 g/mol. The highest BCUT2D eigenvalue weighted by Gasteiger charge is 1.99. The van der Waals surface area contributed by atoms with Crippen LogP contribution in [0.5, 0.6) is 0 Å². The molecule has 0 bridgehead atoms. The number of nitrogens with zero attached hydrogens (tertiary/aromatic N) is 3. The number of aromatic nitrogens is 3. The molecule has 1 aromatic rings. The number of ether oxygens (including phenoxy) is 1. The summed E-state index contributed by atoms with van der Waals surface area (Å²) < 4.78 is 4.97. The molecule has 0 amide bonds. The van der Waals surface area contributed by atoms with Crippen molar-refractivity contribution in [2.75, 3.05) is 37.4 Å². The molecule has 18 heavy (non-hydrogen) atoms. The Balaban J connectivity index is 2.27. The van der Waals surface area contributed by atoms with Gasteiger partial charge in [-0.2, -0.15) is 10.1 Å². The molecule has 0 aliphatic rings. The fourth-order valence-corrected chi connectivity index (χ4v) is 1.47. The van der Waals surface area contributed by atoms with Crippen molar-refractivity contribution in [1.82, 2.24) is 15.2 Å². The lowest BCUT2D eigenvalue weighted by molar-refractivity contribution is 0.197. The fraction of sp³-hybridized carbons (Fsp3) is 0.750. The minimum absolute atomic E-state index is 0.562. The Morgan fingerprint density at radius 2 is 2.00 bits per heavy atom. The Kier molecular flexibility index (Phi) is 7.79. The van der Waals surface area contributed by atoms with E-state index in [1.54, 1.807) is 13.3 Å². The Bertz CT molecular complexity index is 294. The van der Waals surface area contributed by atoms with Gasteiger partial charge in [0.05, 0.1) is 6.20 Å². The first-order valence-corrected chi connectivity index (χ1v) is 6.53. The highest BCUT2D eigenvalue weighted by molar-refractivity contribution is 5.36. The van der Waals surface area contributed by atoms with Crippen LogP contribution in [0.2, 0.25) is 0 Å². The van der Waals surface area contributed by atoms with Crippen molar-refractivity contribution in [3.05, 3.63) is 6.20 Å². The monoisotopic (exact) mass is 253 g/mol. The molecular formula is C12H23N5O. The summed E-state index contributed by atoms with van der Waals surface area (Å²) in [6.07, 6.45) is 6.17. The van der Waals surface area contributed by atoms with Gasteiger partial charge < -0.3 is 15.4 Å². The molecule has 0 unspecified atom stereocenters. The zero-order chi connectivity index (χ0) is 13.1. The van der Waals surface area contributed by atoms with E-state index in [9.17, 15) is 0 Å². The second-order valence-corrected chi connectivity index (χ2v) is 4.07. The normalized spacial score (nSPS) is 10.3. The molecule has 102 valence electrons. The van der Waals surface area contributed by atoms with Crippen LogP contribution in [0.1, 0.15) is 32.6 Å². The second-order valence-electron chi connectivity index (χ2n) is 4.07. The largest absolute Gasteiger partial charge is 0.385 e. The van der Waals surface area contributed by atoms with E-state index in [0.29, 0.717) is 5.95 Å². The Morgan fingerprint density at radius 3 is 2.78 bits per heavy atom. The van der Waals surface area contributed by atoms with Crippen LogP contribution in [-0.4, -0.2) is 42.0 Å². The van der Waals surface area contributed by atoms with Gasteiger partial charge in [0.2, 0.25) is 5.95 Å². The summed E-state index contributed by atoms with van der Waals surface area (Å²) in [4.78, 5) is 4.33. The van der Waals surface area contributed by atoms with Gasteiger partial charge in [0.15, 0.2) is 0 Å². The van der Waals surface area contributed by atoms with E-state index in [0.717, 1.165) is 38.4 Å². The van der Waals surface area contributed by atoms with Gasteiger partial charge in [-0.3, -0.25) is 0 Å². The van der Waals surface area contributed by atoms with E-state index in [1.807, 2.05) is 0 Å². The lowest BCUT2D eigenvalue weighted by atomic mass is 10.2. The van der Waals surface area contributed by atoms with Crippen LogP contribution in [0, 0.1) is 0 Å². The first kappa shape index (κ1) is 14.6. The van der Waals surface area contributed by atoms with Crippen molar-refractivity contribution in [2.45, 2.75) is 32.6 Å². The number of anilines is 2. The van der Waals surface area contributed by atoms with Gasteiger partial charge in [-0.05, 0) is 12.8 Å². The van der Waals surface area contributed by atoms with Gasteiger partial charge in [0.25, 0.3) is 0 Å². The first-order chi connectivity index (χ1) is 8.86. The van der Waals surface area contributed by atoms with Gasteiger partial charge in [-0.15, -0.1) is 5.10 Å². The van der Waals surface area contributed by atoms with Crippen LogP contribution < -0.4 is 10.6 Å². The van der Waals surface area contributed by atoms with Crippen molar-refractivity contribution in [1.29, 1.82) is 0 Å². The summed E-state index contributed by atoms with van der Waals surface area (Å²) in [7, 11) is 1.69. The Morgan fingerprint density at radius 1 is 1.17 bits per heavy atom. The molecule has 2 N–H and O–H groups in total. The van der Waals surface area contributed by atoms with Gasteiger partial charge in [-0.25, -0.2) is 0 Å². The second kappa shape index (κ2) is 9.58. The highest BCUT2D eigenvalue weighted by atomic mass is 16.5. The summed E-state index contributed by atoms with van der Waals surface area (Å²) in [6.45, 7) is 4.63. The van der Waals surface area contributed by atoms with E-state index < -0.39 is 0 Å². The number of hydrogen-bond donors (Lipinski definition) is 2. The summed E-state index contributed by atoms with van der Waals surface area (Å²) in [5, 5.41) is 14.2. The first-order valence-electron chi connectivity index (χ1n) is 6.53. The summed E-state index contributed by atoms with van der Waals surface area (Å²) in [6, 6.07) is 0. The minimum atomic E-state index is 0.562. The molecule has 0 fully saturated rings. The predicted octanol–water partition coefficient (Wildman–Crippen LogP) is 1.92. The van der Waals surface area contributed by atoms with Crippen molar-refractivity contribution in [3.8, 4) is 0 Å². The molecule has 0 saturated heterocycles. The topological polar surface area (TPSA) is 72.0 Å². The van der Waals surface area contributed by atoms with Gasteiger partial charge in [0, 0.05) is 26.8 Å². The molecule has 0 saturated carbocycles. The third-order valence-electron chi connectivity index (χ3n) is 2.45. The third-order valence-corrected chi connectivity index (χ3v) is 2.45. The van der Waals surface area contributed by atoms with Crippen molar-refractivity contribution < 1.29 is 4.74 Å². The lowest BCUT2D eigenvalue weighted by Crippen LogP contribution is -2.10. The van der Waals surface area contributed by atoms with Crippen molar-refractivity contribution >= 4 is 11.8 Å². The van der Waals surface area contributed by atoms with Gasteiger partial charge in [0.1, 0.15) is 5.82 Å². The molecule has 0 aliphatic heterocycles. The molecule has 0 aromatic carbocycles. The van der Waals surface area contributed by atoms with Gasteiger partial charge in [-0.1, -0.05) is 19.8 Å². The quantitative estimate of drug-likeness (QED) is 0.621. The highest BCUT2D eigenvalue weighted by Crippen LogP contribution is 2.04. The molecule has 6 nitrogen and oxygen atoms in total. The van der Waals surface area contributed by atoms with Crippen LogP contribution >= 0.6 is 0 Å². The smallest absolute Gasteiger partial charge is 0.244 e. The number of rotatable bonds is 10. The molecule has 1 heterocycles. The number of hydrogen-bond acceptors (Lipinski definition) is 6. The summed E-state index contributed by atoms with van der Waals surface area (Å²) in [5.74, 6) is 1.34. The van der Waals surface area contributed by atoms with E-state index in [-0.39, 0.29) is 0 Å². The molecule has 0 atom stereocenters. The maximum Gasteiger partial charge on any atom is 0.244 e. The fourth-order valence-electron chi connectivity index (χ4n) is 1.47. The van der Waals surface area contributed by atoms with Crippen molar-refractivity contribution in [3.63, 3.8) is 0 Å². The molecule has 0 aliphatic carbocycles. The zero-order valence-electron chi connectivity index (χ0n) is 11.3. The zero-order valence-corrected chi connectivity index (χ0v) is 11.3. The van der Waals surface area contributed by atoms with Crippen LogP contribution in [-0.2, 0) is 4.74 Å². The Hall–Kier alpha value is -1.43. The minimum Gasteiger partial charge on any atom is -0.385 e. The lowest BCUT2D eigenvalue weighted by Gasteiger charge is -2.07. The van der Waals surface area contributed by atoms with E-state index in [2.05, 4.69) is 32.7 Å². The van der Waals surface area contributed by atoms with Crippen LogP contribution in [0.4, 0.5) is 11.8 Å². The average Bonchev–Trinajstić information content (AvgIpc) is 2.40. The number of unbranched alkanes of at least 4 members (excludes halogenated alkanes) is 2. The maximum absolute atomic E-state index is 4.97. The van der Waals surface area contributed by atoms with Crippen LogP contribution in [0.15, 0.2) is 6.20 Å². The predicted molar refractivity (Wildman–Crippen MR) is 72.8 cm³/mol. The molecule has 0 spiro atoms. The molecule has 0 radical (unpaired) electrons. The van der Waals surface area contributed by atoms with Crippen molar-refractivity contribution in [2.24, 2.45) is 0 Å². The molecule has 6 heteroatoms. The molecular weight excluding hydrogens is 230 g/mol. The summed E-state index contributed by atoms with van der Waals surface area (Å²) in [5.41, 5.74) is 0. The standard InChI is InChI=1S/C12H23N5O/c1-3-4-5-7-13-11-10-15-17-12(16-11)14-8-6-9-18-2/h10H,3-9H2,1-2H3,(H2,13,14,16,17). The van der Waals surface area contributed by atoms with E-state index in [4.69, 9.17) is 4.74 Å². The van der Waals surface area contributed by atoms with Crippen LogP contribution in [0.3, 0.4) is 0 Å². The van der Waals surface area contributed by atoms with Crippen LogP contribution in [0.25, 0.3) is 0 Å². The number of nitrogens with one attached hydrogen (secondary N) is 2. The third kappa shape index (κ3) is 6.34. The van der Waals surface area contributed by atoms with E-state index >= 15 is 0 Å². The summed E-state index contributed by atoms with van der Waals surface area (Å²) >= 11 is 0.